The Balaban J connectivity index is 2.22. The molecule has 1 aliphatic rings. The number of carbonyl (C=O) groups is 1. The third kappa shape index (κ3) is 3.19. The van der Waals surface area contributed by atoms with Crippen molar-refractivity contribution in [2.45, 2.75) is 31.8 Å². The van der Waals surface area contributed by atoms with E-state index in [1.54, 1.807) is 0 Å². The highest BCUT2D eigenvalue weighted by Gasteiger charge is 2.45. The van der Waals surface area contributed by atoms with Crippen LogP contribution in [0.25, 0.3) is 0 Å². The quantitative estimate of drug-likeness (QED) is 0.358. The number of hydrogen-bond acceptors (Lipinski definition) is 3. The molecule has 1 fully saturated rings. The third-order valence-corrected chi connectivity index (χ3v) is 2.20. The molecule has 0 spiro atoms. The van der Waals surface area contributed by atoms with Crippen molar-refractivity contribution >= 4 is 5.97 Å². The van der Waals surface area contributed by atoms with Crippen LogP contribution in [-0.2, 0) is 14.3 Å². The van der Waals surface area contributed by atoms with E-state index in [0.29, 0.717) is 13.2 Å². The molecule has 0 unspecified atom stereocenters. The molecule has 0 radical (unpaired) electrons. The fourth-order valence-electron chi connectivity index (χ4n) is 1.20. The normalized spacial score (nSPS) is 17.9. The first kappa shape index (κ1) is 10.3. The highest BCUT2D eigenvalue weighted by Crippen LogP contribution is 2.42. The van der Waals surface area contributed by atoms with Crippen LogP contribution in [0.4, 0.5) is 0 Å². The first-order valence-electron chi connectivity index (χ1n) is 4.65. The summed E-state index contributed by atoms with van der Waals surface area (Å²) in [5.74, 6) is -0.325. The summed E-state index contributed by atoms with van der Waals surface area (Å²) in [4.78, 5) is 10.9. The Labute approximate surface area is 78.7 Å². The standard InChI is InChI=1S/C10H16O3/c1-3-9(11)13-10(5-6-10)7-8-12-4-2/h3H,1,4-8H2,2H3. The Morgan fingerprint density at radius 1 is 1.62 bits per heavy atom. The molecule has 74 valence electrons. The molecule has 0 heterocycles. The Kier molecular flexibility index (Phi) is 3.48. The topological polar surface area (TPSA) is 35.5 Å². The van der Waals surface area contributed by atoms with Crippen molar-refractivity contribution in [2.24, 2.45) is 0 Å². The van der Waals surface area contributed by atoms with Gasteiger partial charge in [-0.3, -0.25) is 0 Å². The van der Waals surface area contributed by atoms with E-state index in [4.69, 9.17) is 9.47 Å². The van der Waals surface area contributed by atoms with Crippen molar-refractivity contribution in [1.29, 1.82) is 0 Å². The zero-order valence-corrected chi connectivity index (χ0v) is 8.04. The Hall–Kier alpha value is -0.830. The van der Waals surface area contributed by atoms with Crippen LogP contribution >= 0.6 is 0 Å². The number of esters is 1. The molecule has 1 rings (SSSR count). The smallest absolute Gasteiger partial charge is 0.330 e. The monoisotopic (exact) mass is 184 g/mol. The van der Waals surface area contributed by atoms with Crippen LogP contribution in [0.5, 0.6) is 0 Å². The van der Waals surface area contributed by atoms with Crippen molar-refractivity contribution in [3.05, 3.63) is 12.7 Å². The van der Waals surface area contributed by atoms with Gasteiger partial charge in [-0.05, 0) is 19.8 Å². The SMILES string of the molecule is C=CC(=O)OC1(CCOCC)CC1. The molecular formula is C10H16O3. The van der Waals surface area contributed by atoms with Crippen molar-refractivity contribution in [1.82, 2.24) is 0 Å². The second kappa shape index (κ2) is 4.42. The third-order valence-electron chi connectivity index (χ3n) is 2.20. The van der Waals surface area contributed by atoms with Crippen molar-refractivity contribution in [3.63, 3.8) is 0 Å². The van der Waals surface area contributed by atoms with Crippen molar-refractivity contribution < 1.29 is 14.3 Å². The van der Waals surface area contributed by atoms with E-state index in [0.717, 1.165) is 19.3 Å². The van der Waals surface area contributed by atoms with Crippen LogP contribution in [0.2, 0.25) is 0 Å². The lowest BCUT2D eigenvalue weighted by Gasteiger charge is -2.14. The maximum absolute atomic E-state index is 10.9. The Morgan fingerprint density at radius 3 is 2.77 bits per heavy atom. The highest BCUT2D eigenvalue weighted by atomic mass is 16.6. The van der Waals surface area contributed by atoms with Crippen molar-refractivity contribution in [3.8, 4) is 0 Å². The molecule has 0 atom stereocenters. The predicted octanol–water partition coefficient (Wildman–Crippen LogP) is 1.67. The zero-order chi connectivity index (χ0) is 9.73. The summed E-state index contributed by atoms with van der Waals surface area (Å²) in [6.45, 7) is 6.70. The largest absolute Gasteiger partial charge is 0.456 e. The molecule has 0 aromatic rings. The molecule has 3 heteroatoms. The lowest BCUT2D eigenvalue weighted by Crippen LogP contribution is -2.20. The van der Waals surface area contributed by atoms with Gasteiger partial charge in [-0.15, -0.1) is 0 Å². The van der Waals surface area contributed by atoms with Gasteiger partial charge < -0.3 is 9.47 Å². The number of rotatable bonds is 6. The molecule has 3 nitrogen and oxygen atoms in total. The molecule has 0 aliphatic heterocycles. The van der Waals surface area contributed by atoms with Gasteiger partial charge in [-0.1, -0.05) is 6.58 Å². The maximum atomic E-state index is 10.9. The summed E-state index contributed by atoms with van der Waals surface area (Å²) in [6.07, 6.45) is 3.93. The number of ether oxygens (including phenoxy) is 2. The minimum Gasteiger partial charge on any atom is -0.456 e. The molecule has 0 aromatic heterocycles. The first-order chi connectivity index (χ1) is 6.22. The summed E-state index contributed by atoms with van der Waals surface area (Å²) in [5.41, 5.74) is -0.222. The average Bonchev–Trinajstić information content (AvgIpc) is 2.86. The predicted molar refractivity (Wildman–Crippen MR) is 49.4 cm³/mol. The van der Waals surface area contributed by atoms with Gasteiger partial charge in [0.2, 0.25) is 0 Å². The van der Waals surface area contributed by atoms with E-state index in [2.05, 4.69) is 6.58 Å². The summed E-state index contributed by atoms with van der Waals surface area (Å²) < 4.78 is 10.4. The Morgan fingerprint density at radius 2 is 2.31 bits per heavy atom. The van der Waals surface area contributed by atoms with Gasteiger partial charge in [0, 0.05) is 19.1 Å². The number of carbonyl (C=O) groups excluding carboxylic acids is 1. The van der Waals surface area contributed by atoms with Gasteiger partial charge in [-0.2, -0.15) is 0 Å². The fraction of sp³-hybridized carbons (Fsp3) is 0.700. The minimum absolute atomic E-state index is 0.222. The lowest BCUT2D eigenvalue weighted by atomic mass is 10.2. The molecule has 1 saturated carbocycles. The molecule has 0 amide bonds. The molecule has 13 heavy (non-hydrogen) atoms. The molecule has 0 N–H and O–H groups in total. The summed E-state index contributed by atoms with van der Waals surface area (Å²) >= 11 is 0. The lowest BCUT2D eigenvalue weighted by molar-refractivity contribution is -0.146. The van der Waals surface area contributed by atoms with Crippen LogP contribution in [0.3, 0.4) is 0 Å². The first-order valence-corrected chi connectivity index (χ1v) is 4.65. The maximum Gasteiger partial charge on any atom is 0.330 e. The summed E-state index contributed by atoms with van der Waals surface area (Å²) in [5, 5.41) is 0. The fourth-order valence-corrected chi connectivity index (χ4v) is 1.20. The highest BCUT2D eigenvalue weighted by molar-refractivity contribution is 5.81. The summed E-state index contributed by atoms with van der Waals surface area (Å²) in [6, 6.07) is 0. The second-order valence-corrected chi connectivity index (χ2v) is 3.26. The van der Waals surface area contributed by atoms with E-state index < -0.39 is 0 Å². The zero-order valence-electron chi connectivity index (χ0n) is 8.04. The van der Waals surface area contributed by atoms with E-state index in [1.807, 2.05) is 6.92 Å². The van der Waals surface area contributed by atoms with Crippen LogP contribution in [0, 0.1) is 0 Å². The summed E-state index contributed by atoms with van der Waals surface area (Å²) in [7, 11) is 0. The minimum atomic E-state index is -0.325. The van der Waals surface area contributed by atoms with Crippen LogP contribution in [-0.4, -0.2) is 24.8 Å². The van der Waals surface area contributed by atoms with Gasteiger partial charge >= 0.3 is 5.97 Å². The van der Waals surface area contributed by atoms with Gasteiger partial charge in [0.05, 0.1) is 6.61 Å². The Bertz CT molecular complexity index is 194. The average molecular weight is 184 g/mol. The van der Waals surface area contributed by atoms with Gasteiger partial charge in [-0.25, -0.2) is 4.79 Å². The van der Waals surface area contributed by atoms with Gasteiger partial charge in [0.25, 0.3) is 0 Å². The molecular weight excluding hydrogens is 168 g/mol. The van der Waals surface area contributed by atoms with Gasteiger partial charge in [0.1, 0.15) is 5.60 Å². The van der Waals surface area contributed by atoms with Crippen LogP contribution in [0.15, 0.2) is 12.7 Å². The molecule has 0 aromatic carbocycles. The van der Waals surface area contributed by atoms with E-state index in [-0.39, 0.29) is 11.6 Å². The number of hydrogen-bond donors (Lipinski definition) is 0. The van der Waals surface area contributed by atoms with E-state index in [1.165, 1.54) is 6.08 Å². The van der Waals surface area contributed by atoms with Crippen LogP contribution < -0.4 is 0 Å². The van der Waals surface area contributed by atoms with E-state index >= 15 is 0 Å². The molecule has 0 saturated heterocycles. The van der Waals surface area contributed by atoms with Crippen LogP contribution in [0.1, 0.15) is 26.2 Å². The van der Waals surface area contributed by atoms with Gasteiger partial charge in [0.15, 0.2) is 0 Å². The molecule has 0 bridgehead atoms. The van der Waals surface area contributed by atoms with Crippen molar-refractivity contribution in [2.75, 3.05) is 13.2 Å². The molecule has 1 aliphatic carbocycles. The second-order valence-electron chi connectivity index (χ2n) is 3.26. The van der Waals surface area contributed by atoms with E-state index in [9.17, 15) is 4.79 Å².